The summed E-state index contributed by atoms with van der Waals surface area (Å²) in [6.45, 7) is 0. The zero-order valence-corrected chi connectivity index (χ0v) is 19.7. The van der Waals surface area contributed by atoms with Gasteiger partial charge in [0.25, 0.3) is 0 Å². The fourth-order valence-corrected chi connectivity index (χ4v) is 0. The van der Waals surface area contributed by atoms with Gasteiger partial charge in [-0.1, -0.05) is 0 Å². The second-order valence-corrected chi connectivity index (χ2v) is 0. The van der Waals surface area contributed by atoms with Crippen LogP contribution < -0.4 is 0 Å². The average molecular weight is 641 g/mol. The Morgan fingerprint density at radius 2 is 0.200 bits per heavy atom. The Labute approximate surface area is 174 Å². The molecule has 0 aromatic carbocycles. The number of hydrogen-bond acceptors (Lipinski definition) is 0. The monoisotopic (exact) mass is 632 g/mol. The van der Waals surface area contributed by atoms with Crippen LogP contribution in [-0.2, 0) is 178 Å². The molecular formula is Cu7Zn3. The summed E-state index contributed by atoms with van der Waals surface area (Å²) in [5.74, 6) is 0. The summed E-state index contributed by atoms with van der Waals surface area (Å²) in [7, 11) is 0. The molecule has 0 aliphatic carbocycles. The maximum Gasteiger partial charge on any atom is 0 e. The summed E-state index contributed by atoms with van der Waals surface area (Å²) in [4.78, 5) is 0. The van der Waals surface area contributed by atoms with E-state index in [4.69, 9.17) is 0 Å². The van der Waals surface area contributed by atoms with Gasteiger partial charge >= 0.3 is 0 Å². The quantitative estimate of drug-likeness (QED) is 0.327. The van der Waals surface area contributed by atoms with E-state index in [0.717, 1.165) is 0 Å². The van der Waals surface area contributed by atoms with Crippen molar-refractivity contribution < 1.29 is 178 Å². The standard InChI is InChI=1S/7Cu.3Zn. The minimum Gasteiger partial charge on any atom is 0 e. The van der Waals surface area contributed by atoms with Crippen LogP contribution in [0.5, 0.6) is 0 Å². The van der Waals surface area contributed by atoms with Crippen LogP contribution in [0.25, 0.3) is 0 Å². The van der Waals surface area contributed by atoms with Crippen LogP contribution in [0, 0.1) is 0 Å². The Bertz CT molecular complexity index is 8.81. The average Bonchev–Trinajstić information content (AvgIpc) is 0. The Balaban J connectivity index is 0. The molecule has 0 aliphatic heterocycles. The Kier molecular flexibility index (Phi) is 939. The van der Waals surface area contributed by atoms with Crippen molar-refractivity contribution >= 4 is 0 Å². The smallest absolute Gasteiger partial charge is 0 e. The molecule has 10 heavy (non-hydrogen) atoms. The molecule has 0 amide bonds. The molecular weight excluding hydrogens is 641 g/mol. The normalized spacial score (nSPS) is 0. The van der Waals surface area contributed by atoms with Gasteiger partial charge in [-0.2, -0.15) is 0 Å². The van der Waals surface area contributed by atoms with E-state index in [2.05, 4.69) is 0 Å². The van der Waals surface area contributed by atoms with E-state index in [0.29, 0.717) is 0 Å². The molecule has 7 radical (unpaired) electrons. The summed E-state index contributed by atoms with van der Waals surface area (Å²) < 4.78 is 0. The molecule has 0 heterocycles. The van der Waals surface area contributed by atoms with E-state index in [1.807, 2.05) is 0 Å². The second kappa shape index (κ2) is 87.3. The van der Waals surface area contributed by atoms with Crippen molar-refractivity contribution in [3.8, 4) is 0 Å². The minimum absolute atomic E-state index is 0. The molecule has 0 fully saturated rings. The molecule has 0 aromatic heterocycles. The zero-order chi connectivity index (χ0) is 0. The van der Waals surface area contributed by atoms with Crippen LogP contribution in [-0.4, -0.2) is 0 Å². The van der Waals surface area contributed by atoms with Gasteiger partial charge in [-0.15, -0.1) is 0 Å². The fraction of sp³-hybridized carbons (Fsp3) is 0. The maximum atomic E-state index is 0. The molecule has 10 heteroatoms. The van der Waals surface area contributed by atoms with Crippen molar-refractivity contribution in [1.29, 1.82) is 0 Å². The summed E-state index contributed by atoms with van der Waals surface area (Å²) >= 11 is 0. The first kappa shape index (κ1) is 108. The van der Waals surface area contributed by atoms with Gasteiger partial charge in [0.2, 0.25) is 0 Å². The van der Waals surface area contributed by atoms with Gasteiger partial charge in [-0.25, -0.2) is 0 Å². The SMILES string of the molecule is [Cu].[Cu].[Cu].[Cu].[Cu].[Cu].[Cu].[Zn].[Zn].[Zn]. The first-order valence-corrected chi connectivity index (χ1v) is 0. The zero-order valence-electron chi connectivity index (χ0n) is 4.23. The van der Waals surface area contributed by atoms with Crippen molar-refractivity contribution in [2.45, 2.75) is 0 Å². The molecule has 83 valence electrons. The third-order valence-corrected chi connectivity index (χ3v) is 0. The van der Waals surface area contributed by atoms with Crippen LogP contribution in [0.2, 0.25) is 0 Å². The Morgan fingerprint density at radius 1 is 0.200 bits per heavy atom. The first-order valence-electron chi connectivity index (χ1n) is 0. The Morgan fingerprint density at radius 3 is 0.200 bits per heavy atom. The summed E-state index contributed by atoms with van der Waals surface area (Å²) in [5, 5.41) is 0. The Hall–Kier alpha value is 5.51. The largest absolute Gasteiger partial charge is 0 e. The number of rotatable bonds is 0. The van der Waals surface area contributed by atoms with Crippen molar-refractivity contribution in [3.05, 3.63) is 0 Å². The summed E-state index contributed by atoms with van der Waals surface area (Å²) in [5.41, 5.74) is 0. The molecule has 0 N–H and O–H groups in total. The van der Waals surface area contributed by atoms with Crippen LogP contribution in [0.4, 0.5) is 0 Å². The summed E-state index contributed by atoms with van der Waals surface area (Å²) in [6.07, 6.45) is 0. The summed E-state index contributed by atoms with van der Waals surface area (Å²) in [6, 6.07) is 0. The van der Waals surface area contributed by atoms with Crippen LogP contribution >= 0.6 is 0 Å². The topological polar surface area (TPSA) is 0 Å². The molecule has 0 aromatic rings. The van der Waals surface area contributed by atoms with Gasteiger partial charge in [0, 0.05) is 178 Å². The molecule has 0 bridgehead atoms. The van der Waals surface area contributed by atoms with Crippen molar-refractivity contribution in [2.75, 3.05) is 0 Å². The van der Waals surface area contributed by atoms with Gasteiger partial charge in [-0.3, -0.25) is 0 Å². The third-order valence-electron chi connectivity index (χ3n) is 0. The maximum absolute atomic E-state index is 0. The van der Waals surface area contributed by atoms with Gasteiger partial charge in [0.15, 0.2) is 0 Å². The van der Waals surface area contributed by atoms with Crippen molar-refractivity contribution in [2.24, 2.45) is 0 Å². The van der Waals surface area contributed by atoms with Crippen LogP contribution in [0.3, 0.4) is 0 Å². The van der Waals surface area contributed by atoms with Gasteiger partial charge in [0.1, 0.15) is 0 Å². The van der Waals surface area contributed by atoms with Crippen LogP contribution in [0.1, 0.15) is 0 Å². The number of hydrogen-bond donors (Lipinski definition) is 0. The van der Waals surface area contributed by atoms with Gasteiger partial charge < -0.3 is 0 Å². The van der Waals surface area contributed by atoms with Crippen LogP contribution in [0.15, 0.2) is 0 Å². The minimum atomic E-state index is 0. The molecule has 0 nitrogen and oxygen atoms in total. The predicted molar refractivity (Wildman–Crippen MR) is 0 cm³/mol. The molecule has 0 rings (SSSR count). The molecule has 0 atom stereocenters. The molecule has 0 aliphatic rings. The van der Waals surface area contributed by atoms with Gasteiger partial charge in [-0.05, 0) is 0 Å². The third kappa shape index (κ3) is 69.7. The van der Waals surface area contributed by atoms with E-state index < -0.39 is 0 Å². The van der Waals surface area contributed by atoms with Gasteiger partial charge in [0.05, 0.1) is 0 Å². The van der Waals surface area contributed by atoms with Crippen molar-refractivity contribution in [1.82, 2.24) is 0 Å². The van der Waals surface area contributed by atoms with E-state index in [-0.39, 0.29) is 178 Å². The van der Waals surface area contributed by atoms with E-state index in [1.165, 1.54) is 0 Å². The predicted octanol–water partition coefficient (Wildman–Crippen LogP) is -0.0250. The van der Waals surface area contributed by atoms with E-state index >= 15 is 0 Å². The van der Waals surface area contributed by atoms with E-state index in [9.17, 15) is 0 Å². The second-order valence-electron chi connectivity index (χ2n) is 0. The molecule has 0 saturated heterocycles. The van der Waals surface area contributed by atoms with E-state index in [1.54, 1.807) is 0 Å². The molecule has 0 saturated carbocycles. The first-order chi connectivity index (χ1) is 0. The molecule has 0 spiro atoms. The fourth-order valence-electron chi connectivity index (χ4n) is 0. The van der Waals surface area contributed by atoms with Crippen molar-refractivity contribution in [3.63, 3.8) is 0 Å². The molecule has 0 unspecified atom stereocenters.